The average molecular weight is 324 g/mol. The van der Waals surface area contributed by atoms with E-state index in [0.717, 1.165) is 15.6 Å². The van der Waals surface area contributed by atoms with Gasteiger partial charge in [-0.3, -0.25) is 4.79 Å². The fraction of sp³-hybridized carbons (Fsp3) is 0.111. The molecular weight excluding hydrogens is 306 g/mol. The van der Waals surface area contributed by atoms with Crippen LogP contribution in [0.5, 0.6) is 11.5 Å². The number of H-pyrrole nitrogens is 1. The molecule has 0 bridgehead atoms. The number of aromatic nitrogens is 3. The van der Waals surface area contributed by atoms with Crippen molar-refractivity contribution < 1.29 is 13.6 Å². The van der Waals surface area contributed by atoms with Crippen molar-refractivity contribution in [1.29, 1.82) is 0 Å². The number of fused-ring (bicyclic) bond motifs is 3. The molecule has 0 spiro atoms. The van der Waals surface area contributed by atoms with E-state index in [0.29, 0.717) is 17.0 Å². The van der Waals surface area contributed by atoms with Crippen molar-refractivity contribution in [2.75, 3.05) is 14.1 Å². The molecule has 1 N–H and O–H groups in total. The maximum absolute atomic E-state index is 12.9. The van der Waals surface area contributed by atoms with Crippen molar-refractivity contribution in [3.63, 3.8) is 0 Å². The van der Waals surface area contributed by atoms with Crippen molar-refractivity contribution in [3.05, 3.63) is 59.0 Å². The summed E-state index contributed by atoms with van der Waals surface area (Å²) in [5.41, 5.74) is 1.53. The van der Waals surface area contributed by atoms with Gasteiger partial charge in [-0.15, -0.1) is 0 Å². The van der Waals surface area contributed by atoms with Crippen LogP contribution in [0.15, 0.2) is 53.5 Å². The largest absolute Gasteiger partial charge is 0.497 e. The van der Waals surface area contributed by atoms with E-state index in [1.54, 1.807) is 37.6 Å². The Balaban J connectivity index is 1.94. The van der Waals surface area contributed by atoms with Crippen LogP contribution in [-0.2, 0) is 0 Å². The number of para-hydroxylation sites is 2. The Labute approximate surface area is 141 Å². The summed E-state index contributed by atoms with van der Waals surface area (Å²) < 4.78 is 33.4. The standard InChI is InChI=1S/C18H15N3O3/c1-23-11-7-8-12-14(9-11)19-10-13-17(12)20-21(18(13)22)15-5-3-4-6-16(15)24-2/h3-10,19H,1-2H3/i2D3. The summed E-state index contributed by atoms with van der Waals surface area (Å²) in [5, 5.41) is 5.18. The smallest absolute Gasteiger partial charge is 0.282 e. The van der Waals surface area contributed by atoms with Gasteiger partial charge in [-0.05, 0) is 24.3 Å². The number of pyridine rings is 1. The van der Waals surface area contributed by atoms with Crippen molar-refractivity contribution in [1.82, 2.24) is 14.8 Å². The normalized spacial score (nSPS) is 13.5. The average Bonchev–Trinajstić information content (AvgIpc) is 2.97. The van der Waals surface area contributed by atoms with Gasteiger partial charge in [-0.2, -0.15) is 9.78 Å². The first-order valence-electron chi connectivity index (χ1n) is 8.74. The number of nitrogens with one attached hydrogen (secondary N) is 1. The highest BCUT2D eigenvalue weighted by atomic mass is 16.5. The Hall–Kier alpha value is -3.28. The summed E-state index contributed by atoms with van der Waals surface area (Å²) in [6, 6.07) is 11.8. The fourth-order valence-electron chi connectivity index (χ4n) is 2.75. The highest BCUT2D eigenvalue weighted by Crippen LogP contribution is 2.29. The topological polar surface area (TPSA) is 69.1 Å². The second kappa shape index (κ2) is 5.42. The number of methoxy groups -OCH3 is 2. The first-order valence-corrected chi connectivity index (χ1v) is 7.24. The SMILES string of the molecule is [2H]C([2H])([2H])Oc1ccccc1-n1nc2c3ccc(OC)cc3[nH]cc-2c1=O. The number of aromatic amines is 1. The van der Waals surface area contributed by atoms with Gasteiger partial charge in [-0.25, -0.2) is 0 Å². The second-order valence-corrected chi connectivity index (χ2v) is 5.25. The molecule has 24 heavy (non-hydrogen) atoms. The zero-order valence-corrected chi connectivity index (χ0v) is 12.7. The maximum atomic E-state index is 12.9. The fourth-order valence-corrected chi connectivity index (χ4v) is 2.75. The van der Waals surface area contributed by atoms with Gasteiger partial charge < -0.3 is 14.5 Å². The van der Waals surface area contributed by atoms with Crippen LogP contribution < -0.4 is 15.0 Å². The van der Waals surface area contributed by atoms with Gasteiger partial charge in [0.05, 0.1) is 29.3 Å². The molecule has 0 amide bonds. The molecule has 0 saturated heterocycles. The molecule has 120 valence electrons. The number of nitrogens with zero attached hydrogens (tertiary/aromatic N) is 2. The summed E-state index contributed by atoms with van der Waals surface area (Å²) in [5.74, 6) is 0.730. The Kier molecular flexibility index (Phi) is 2.55. The van der Waals surface area contributed by atoms with Gasteiger partial charge in [0, 0.05) is 17.6 Å². The minimum Gasteiger partial charge on any atom is -0.497 e. The molecule has 6 heteroatoms. The zero-order chi connectivity index (χ0) is 19.2. The predicted molar refractivity (Wildman–Crippen MR) is 91.4 cm³/mol. The molecule has 2 aromatic rings. The lowest BCUT2D eigenvalue weighted by Crippen LogP contribution is -2.15. The third kappa shape index (κ3) is 2.04. The van der Waals surface area contributed by atoms with Crippen LogP contribution in [0.2, 0.25) is 0 Å². The van der Waals surface area contributed by atoms with Gasteiger partial charge in [0.15, 0.2) is 0 Å². The number of rotatable bonds is 3. The van der Waals surface area contributed by atoms with Gasteiger partial charge in [0.25, 0.3) is 5.56 Å². The van der Waals surface area contributed by atoms with E-state index < -0.39 is 7.04 Å². The van der Waals surface area contributed by atoms with E-state index >= 15 is 0 Å². The van der Waals surface area contributed by atoms with Crippen LogP contribution in [0.3, 0.4) is 0 Å². The van der Waals surface area contributed by atoms with Gasteiger partial charge in [-0.1, -0.05) is 12.1 Å². The third-order valence-corrected chi connectivity index (χ3v) is 3.94. The lowest BCUT2D eigenvalue weighted by molar-refractivity contribution is 0.411. The van der Waals surface area contributed by atoms with E-state index in [4.69, 9.17) is 13.6 Å². The lowest BCUT2D eigenvalue weighted by Gasteiger charge is -2.06. The third-order valence-electron chi connectivity index (χ3n) is 3.94. The highest BCUT2D eigenvalue weighted by Gasteiger charge is 2.20. The zero-order valence-electron chi connectivity index (χ0n) is 15.7. The predicted octanol–water partition coefficient (Wildman–Crippen LogP) is 2.84. The molecule has 0 radical (unpaired) electrons. The van der Waals surface area contributed by atoms with Crippen LogP contribution in [0.25, 0.3) is 27.8 Å². The first-order chi connectivity index (χ1) is 12.9. The van der Waals surface area contributed by atoms with E-state index in [9.17, 15) is 4.79 Å². The number of benzene rings is 2. The van der Waals surface area contributed by atoms with E-state index in [1.165, 1.54) is 6.07 Å². The number of hydrogen-bond acceptors (Lipinski definition) is 4. The minimum absolute atomic E-state index is 0.0531. The van der Waals surface area contributed by atoms with Gasteiger partial charge in [0.1, 0.15) is 22.9 Å². The molecule has 2 aliphatic heterocycles. The lowest BCUT2D eigenvalue weighted by atomic mass is 10.1. The summed E-state index contributed by atoms with van der Waals surface area (Å²) in [7, 11) is -1.06. The monoisotopic (exact) mass is 324 g/mol. The molecule has 2 heterocycles. The summed E-state index contributed by atoms with van der Waals surface area (Å²) in [6.45, 7) is 0. The minimum atomic E-state index is -2.64. The number of ether oxygens (including phenoxy) is 2. The highest BCUT2D eigenvalue weighted by molar-refractivity contribution is 5.94. The summed E-state index contributed by atoms with van der Waals surface area (Å²) in [4.78, 5) is 15.9. The Morgan fingerprint density at radius 1 is 1.21 bits per heavy atom. The molecule has 0 unspecified atom stereocenters. The quantitative estimate of drug-likeness (QED) is 0.629. The van der Waals surface area contributed by atoms with Crippen LogP contribution in [0.4, 0.5) is 0 Å². The van der Waals surface area contributed by atoms with Crippen molar-refractivity contribution in [3.8, 4) is 28.4 Å². The second-order valence-electron chi connectivity index (χ2n) is 5.25. The molecule has 2 aliphatic rings. The van der Waals surface area contributed by atoms with Crippen LogP contribution in [0.1, 0.15) is 4.11 Å². The Morgan fingerprint density at radius 2 is 2.08 bits per heavy atom. The molecule has 2 aromatic carbocycles. The molecule has 0 atom stereocenters. The molecule has 4 rings (SSSR count). The summed E-state index contributed by atoms with van der Waals surface area (Å²) >= 11 is 0. The maximum Gasteiger partial charge on any atom is 0.282 e. The molecular formula is C18H15N3O3. The Morgan fingerprint density at radius 3 is 2.92 bits per heavy atom. The molecule has 0 saturated carbocycles. The van der Waals surface area contributed by atoms with E-state index in [1.807, 2.05) is 12.1 Å². The number of hydrogen-bond donors (Lipinski definition) is 1. The molecule has 0 aromatic heterocycles. The van der Waals surface area contributed by atoms with E-state index in [-0.39, 0.29) is 17.0 Å². The Bertz CT molecular complexity index is 1160. The molecule has 0 fully saturated rings. The van der Waals surface area contributed by atoms with Crippen molar-refractivity contribution in [2.24, 2.45) is 0 Å². The van der Waals surface area contributed by atoms with Crippen LogP contribution >= 0.6 is 0 Å². The van der Waals surface area contributed by atoms with Gasteiger partial charge >= 0.3 is 0 Å². The van der Waals surface area contributed by atoms with Crippen molar-refractivity contribution >= 4 is 10.9 Å². The summed E-state index contributed by atoms with van der Waals surface area (Å²) in [6.07, 6.45) is 1.58. The molecule has 0 aliphatic carbocycles. The molecule has 6 nitrogen and oxygen atoms in total. The van der Waals surface area contributed by atoms with Crippen LogP contribution in [0, 0.1) is 0 Å². The van der Waals surface area contributed by atoms with Crippen molar-refractivity contribution in [2.45, 2.75) is 0 Å². The first kappa shape index (κ1) is 11.3. The van der Waals surface area contributed by atoms with Gasteiger partial charge in [0.2, 0.25) is 0 Å². The van der Waals surface area contributed by atoms with E-state index in [2.05, 4.69) is 10.1 Å². The van der Waals surface area contributed by atoms with Crippen LogP contribution in [-0.4, -0.2) is 28.9 Å².